The van der Waals surface area contributed by atoms with E-state index in [-0.39, 0.29) is 11.4 Å². The highest BCUT2D eigenvalue weighted by Crippen LogP contribution is 2.34. The first-order valence-electron chi connectivity index (χ1n) is 7.14. The van der Waals surface area contributed by atoms with E-state index in [9.17, 15) is 4.79 Å². The fraction of sp³-hybridized carbons (Fsp3) is 0.769. The molecule has 3 rings (SSSR count). The first-order valence-corrected chi connectivity index (χ1v) is 7.14. The average molecular weight is 263 g/mol. The van der Waals surface area contributed by atoms with E-state index < -0.39 is 0 Å². The van der Waals surface area contributed by atoms with Crippen molar-refractivity contribution in [3.63, 3.8) is 0 Å². The minimum Gasteiger partial charge on any atom is -0.333 e. The lowest BCUT2D eigenvalue weighted by Gasteiger charge is -2.49. The van der Waals surface area contributed by atoms with Crippen molar-refractivity contribution in [3.8, 4) is 0 Å². The number of rotatable bonds is 2. The van der Waals surface area contributed by atoms with Gasteiger partial charge in [0.15, 0.2) is 0 Å². The number of carbonyl (C=O) groups excluding carboxylic acids is 1. The normalized spacial score (nSPS) is 22.6. The molecule has 1 saturated carbocycles. The number of amides is 1. The minimum absolute atomic E-state index is 0.0498. The fourth-order valence-corrected chi connectivity index (χ4v) is 3.43. The van der Waals surface area contributed by atoms with Gasteiger partial charge >= 0.3 is 0 Å². The third-order valence-electron chi connectivity index (χ3n) is 4.39. The summed E-state index contributed by atoms with van der Waals surface area (Å²) in [6.45, 7) is 2.95. The molecule has 0 bridgehead atoms. The maximum atomic E-state index is 12.5. The first kappa shape index (κ1) is 12.6. The van der Waals surface area contributed by atoms with Gasteiger partial charge in [0.1, 0.15) is 19.2 Å². The van der Waals surface area contributed by atoms with Crippen molar-refractivity contribution in [2.75, 3.05) is 19.6 Å². The predicted octanol–water partition coefficient (Wildman–Crippen LogP) is 0.413. The van der Waals surface area contributed by atoms with Gasteiger partial charge in [0, 0.05) is 19.6 Å². The highest BCUT2D eigenvalue weighted by molar-refractivity contribution is 5.77. The molecule has 104 valence electrons. The zero-order valence-electron chi connectivity index (χ0n) is 11.2. The highest BCUT2D eigenvalue weighted by Gasteiger charge is 2.41. The summed E-state index contributed by atoms with van der Waals surface area (Å²) < 4.78 is 1.61. The van der Waals surface area contributed by atoms with Gasteiger partial charge in [0.05, 0.1) is 5.54 Å². The Hall–Kier alpha value is -1.43. The maximum absolute atomic E-state index is 12.5. The lowest BCUT2D eigenvalue weighted by atomic mass is 9.79. The van der Waals surface area contributed by atoms with Crippen molar-refractivity contribution in [1.29, 1.82) is 0 Å². The molecule has 1 spiro atoms. The van der Waals surface area contributed by atoms with Crippen molar-refractivity contribution < 1.29 is 4.79 Å². The molecule has 6 nitrogen and oxygen atoms in total. The van der Waals surface area contributed by atoms with Crippen LogP contribution in [0.15, 0.2) is 12.7 Å². The van der Waals surface area contributed by atoms with Gasteiger partial charge in [-0.3, -0.25) is 4.79 Å². The van der Waals surface area contributed by atoms with E-state index in [0.29, 0.717) is 6.54 Å². The van der Waals surface area contributed by atoms with Crippen LogP contribution in [0.2, 0.25) is 0 Å². The predicted molar refractivity (Wildman–Crippen MR) is 70.4 cm³/mol. The summed E-state index contributed by atoms with van der Waals surface area (Å²) in [4.78, 5) is 18.5. The van der Waals surface area contributed by atoms with Crippen LogP contribution in [0.1, 0.15) is 32.1 Å². The summed E-state index contributed by atoms with van der Waals surface area (Å²) in [5.74, 6) is 0.175. The fourth-order valence-electron chi connectivity index (χ4n) is 3.43. The molecule has 2 heterocycles. The largest absolute Gasteiger partial charge is 0.333 e. The molecule has 6 heteroatoms. The lowest BCUT2D eigenvalue weighted by Crippen LogP contribution is -2.64. The average Bonchev–Trinajstić information content (AvgIpc) is 2.93. The van der Waals surface area contributed by atoms with Crippen LogP contribution >= 0.6 is 0 Å². The smallest absolute Gasteiger partial charge is 0.244 e. The number of hydrogen-bond acceptors (Lipinski definition) is 4. The molecule has 0 atom stereocenters. The summed E-state index contributed by atoms with van der Waals surface area (Å²) in [6.07, 6.45) is 9.09. The van der Waals surface area contributed by atoms with E-state index in [0.717, 1.165) is 32.5 Å². The molecular formula is C13H21N5O. The minimum atomic E-state index is 0.0498. The summed E-state index contributed by atoms with van der Waals surface area (Å²) >= 11 is 0. The maximum Gasteiger partial charge on any atom is 0.244 e. The molecule has 0 aromatic carbocycles. The van der Waals surface area contributed by atoms with Gasteiger partial charge in [0.25, 0.3) is 0 Å². The molecule has 2 fully saturated rings. The summed E-state index contributed by atoms with van der Waals surface area (Å²) in [6, 6.07) is 0. The lowest BCUT2D eigenvalue weighted by molar-refractivity contribution is -0.141. The van der Waals surface area contributed by atoms with Crippen LogP contribution in [0, 0.1) is 0 Å². The Morgan fingerprint density at radius 3 is 2.89 bits per heavy atom. The molecule has 1 amide bonds. The summed E-state index contributed by atoms with van der Waals surface area (Å²) in [7, 11) is 0. The van der Waals surface area contributed by atoms with Gasteiger partial charge < -0.3 is 10.2 Å². The number of hydrogen-bond donors (Lipinski definition) is 1. The van der Waals surface area contributed by atoms with Crippen molar-refractivity contribution in [2.24, 2.45) is 0 Å². The van der Waals surface area contributed by atoms with E-state index >= 15 is 0 Å². The van der Waals surface area contributed by atoms with E-state index in [4.69, 9.17) is 0 Å². The Bertz CT molecular complexity index is 416. The standard InChI is InChI=1S/C13H21N5O/c19-12(8-17-11-15-10-16-17)18-7-6-14-9-13(18)4-2-1-3-5-13/h10-11,14H,1-9H2. The quantitative estimate of drug-likeness (QED) is 0.839. The highest BCUT2D eigenvalue weighted by atomic mass is 16.2. The van der Waals surface area contributed by atoms with Crippen LogP contribution in [0.25, 0.3) is 0 Å². The van der Waals surface area contributed by atoms with Crippen LogP contribution in [0.4, 0.5) is 0 Å². The monoisotopic (exact) mass is 263 g/mol. The van der Waals surface area contributed by atoms with E-state index in [2.05, 4.69) is 20.3 Å². The van der Waals surface area contributed by atoms with Crippen molar-refractivity contribution in [1.82, 2.24) is 25.0 Å². The molecule has 1 aromatic rings. The molecule has 19 heavy (non-hydrogen) atoms. The molecule has 2 aliphatic rings. The Morgan fingerprint density at radius 2 is 2.16 bits per heavy atom. The topological polar surface area (TPSA) is 63.1 Å². The molecule has 0 unspecified atom stereocenters. The van der Waals surface area contributed by atoms with Gasteiger partial charge in [-0.2, -0.15) is 5.10 Å². The van der Waals surface area contributed by atoms with Gasteiger partial charge in [0.2, 0.25) is 5.91 Å². The van der Waals surface area contributed by atoms with Crippen LogP contribution in [-0.4, -0.2) is 50.7 Å². The zero-order chi connectivity index (χ0) is 13.1. The molecule has 1 aromatic heterocycles. The van der Waals surface area contributed by atoms with Crippen molar-refractivity contribution in [2.45, 2.75) is 44.2 Å². The molecule has 1 N–H and O–H groups in total. The second-order valence-corrected chi connectivity index (χ2v) is 5.60. The first-order chi connectivity index (χ1) is 9.30. The molecular weight excluding hydrogens is 242 g/mol. The number of piperazine rings is 1. The summed E-state index contributed by atoms with van der Waals surface area (Å²) in [5.41, 5.74) is 0.0498. The van der Waals surface area contributed by atoms with Crippen LogP contribution < -0.4 is 5.32 Å². The summed E-state index contributed by atoms with van der Waals surface area (Å²) in [5, 5.41) is 7.49. The Labute approximate surface area is 113 Å². The van der Waals surface area contributed by atoms with Gasteiger partial charge in [-0.25, -0.2) is 9.67 Å². The molecule has 0 radical (unpaired) electrons. The van der Waals surface area contributed by atoms with Crippen LogP contribution in [0.3, 0.4) is 0 Å². The number of nitrogens with one attached hydrogen (secondary N) is 1. The third kappa shape index (κ3) is 2.49. The zero-order valence-corrected chi connectivity index (χ0v) is 11.2. The second-order valence-electron chi connectivity index (χ2n) is 5.60. The molecule has 1 aliphatic carbocycles. The van der Waals surface area contributed by atoms with E-state index in [1.165, 1.54) is 25.6 Å². The van der Waals surface area contributed by atoms with E-state index in [1.54, 1.807) is 11.0 Å². The van der Waals surface area contributed by atoms with Crippen LogP contribution in [-0.2, 0) is 11.3 Å². The number of aromatic nitrogens is 3. The number of nitrogens with zero attached hydrogens (tertiary/aromatic N) is 4. The molecule has 1 saturated heterocycles. The second kappa shape index (κ2) is 5.28. The number of carbonyl (C=O) groups is 1. The van der Waals surface area contributed by atoms with Gasteiger partial charge in [-0.05, 0) is 12.8 Å². The molecule has 1 aliphatic heterocycles. The Morgan fingerprint density at radius 1 is 1.32 bits per heavy atom. The van der Waals surface area contributed by atoms with Crippen molar-refractivity contribution >= 4 is 5.91 Å². The SMILES string of the molecule is O=C(Cn1cncn1)N1CCNCC12CCCCC2. The van der Waals surface area contributed by atoms with Gasteiger partial charge in [-0.15, -0.1) is 0 Å². The van der Waals surface area contributed by atoms with Crippen LogP contribution in [0.5, 0.6) is 0 Å². The third-order valence-corrected chi connectivity index (χ3v) is 4.39. The Balaban J connectivity index is 1.74. The van der Waals surface area contributed by atoms with Gasteiger partial charge in [-0.1, -0.05) is 19.3 Å². The van der Waals surface area contributed by atoms with Crippen molar-refractivity contribution in [3.05, 3.63) is 12.7 Å². The van der Waals surface area contributed by atoms with E-state index in [1.807, 2.05) is 0 Å². The Kier molecular flexibility index (Phi) is 3.50.